The fourth-order valence-corrected chi connectivity index (χ4v) is 4.25. The van der Waals surface area contributed by atoms with Gasteiger partial charge in [0.1, 0.15) is 17.2 Å². The Kier molecular flexibility index (Phi) is 5.82. The predicted octanol–water partition coefficient (Wildman–Crippen LogP) is 5.35. The summed E-state index contributed by atoms with van der Waals surface area (Å²) in [7, 11) is 0. The van der Waals surface area contributed by atoms with E-state index >= 15 is 0 Å². The van der Waals surface area contributed by atoms with Gasteiger partial charge in [0.2, 0.25) is 5.91 Å². The number of carbonyl (C=O) groups excluding carboxylic acids is 1. The van der Waals surface area contributed by atoms with E-state index in [2.05, 4.69) is 20.4 Å². The molecular formula is C25H18FN5OS. The van der Waals surface area contributed by atoms with Gasteiger partial charge in [-0.3, -0.25) is 4.79 Å². The van der Waals surface area contributed by atoms with Gasteiger partial charge in [0.05, 0.1) is 23.0 Å². The van der Waals surface area contributed by atoms with Crippen LogP contribution in [0, 0.1) is 5.82 Å². The molecule has 1 N–H and O–H groups in total. The van der Waals surface area contributed by atoms with Crippen molar-refractivity contribution in [2.24, 2.45) is 0 Å². The molecule has 33 heavy (non-hydrogen) atoms. The third-order valence-corrected chi connectivity index (χ3v) is 6.03. The van der Waals surface area contributed by atoms with Gasteiger partial charge in [-0.2, -0.15) is 5.10 Å². The number of thioether (sulfide) groups is 1. The Morgan fingerprint density at radius 1 is 0.939 bits per heavy atom. The van der Waals surface area contributed by atoms with Crippen LogP contribution in [0.1, 0.15) is 0 Å². The van der Waals surface area contributed by atoms with Gasteiger partial charge in [0, 0.05) is 11.3 Å². The van der Waals surface area contributed by atoms with Crippen LogP contribution >= 0.6 is 11.8 Å². The molecule has 0 spiro atoms. The maximum Gasteiger partial charge on any atom is 0.234 e. The lowest BCUT2D eigenvalue weighted by Crippen LogP contribution is -2.14. The summed E-state index contributed by atoms with van der Waals surface area (Å²) in [4.78, 5) is 21.4. The largest absolute Gasteiger partial charge is 0.325 e. The summed E-state index contributed by atoms with van der Waals surface area (Å²) < 4.78 is 14.9. The highest BCUT2D eigenvalue weighted by molar-refractivity contribution is 8.00. The molecule has 5 aromatic rings. The summed E-state index contributed by atoms with van der Waals surface area (Å²) in [5.74, 6) is -0.279. The number of carbonyl (C=O) groups is 1. The van der Waals surface area contributed by atoms with Crippen molar-refractivity contribution in [2.75, 3.05) is 11.1 Å². The molecule has 0 aliphatic rings. The second kappa shape index (κ2) is 9.22. The van der Waals surface area contributed by atoms with Crippen LogP contribution in [0.2, 0.25) is 0 Å². The zero-order chi connectivity index (χ0) is 22.6. The Bertz CT molecular complexity index is 1420. The zero-order valence-electron chi connectivity index (χ0n) is 17.4. The van der Waals surface area contributed by atoms with E-state index in [0.29, 0.717) is 16.4 Å². The first-order valence-electron chi connectivity index (χ1n) is 10.2. The number of fused-ring (bicyclic) bond motifs is 1. The Labute approximate surface area is 193 Å². The van der Waals surface area contributed by atoms with Gasteiger partial charge in [-0.1, -0.05) is 60.3 Å². The van der Waals surface area contributed by atoms with Crippen molar-refractivity contribution in [3.05, 3.63) is 97.2 Å². The van der Waals surface area contributed by atoms with E-state index in [-0.39, 0.29) is 17.5 Å². The molecular weight excluding hydrogens is 437 g/mol. The molecule has 5 rings (SSSR count). The van der Waals surface area contributed by atoms with Crippen molar-refractivity contribution < 1.29 is 9.18 Å². The monoisotopic (exact) mass is 455 g/mol. The fourth-order valence-electron chi connectivity index (χ4n) is 3.49. The topological polar surface area (TPSA) is 72.7 Å². The number of halogens is 1. The van der Waals surface area contributed by atoms with Crippen LogP contribution in [0.5, 0.6) is 0 Å². The summed E-state index contributed by atoms with van der Waals surface area (Å²) in [5, 5.41) is 8.76. The van der Waals surface area contributed by atoms with Gasteiger partial charge in [0.15, 0.2) is 5.65 Å². The number of nitrogens with zero attached hydrogens (tertiary/aromatic N) is 4. The quantitative estimate of drug-likeness (QED) is 0.276. The van der Waals surface area contributed by atoms with Gasteiger partial charge in [0.25, 0.3) is 0 Å². The predicted molar refractivity (Wildman–Crippen MR) is 128 cm³/mol. The van der Waals surface area contributed by atoms with Crippen molar-refractivity contribution in [1.29, 1.82) is 0 Å². The third kappa shape index (κ3) is 4.47. The SMILES string of the molecule is O=C(CSc1ncnc2c1cnn2-c1ccc(F)cc1)Nc1ccccc1-c1ccccc1. The molecule has 1 amide bonds. The molecule has 6 nitrogen and oxygen atoms in total. The first-order valence-corrected chi connectivity index (χ1v) is 11.2. The lowest BCUT2D eigenvalue weighted by Gasteiger charge is -2.11. The van der Waals surface area contributed by atoms with E-state index in [0.717, 1.165) is 22.2 Å². The first kappa shape index (κ1) is 20.8. The molecule has 0 saturated heterocycles. The number of anilines is 1. The maximum atomic E-state index is 13.3. The van der Waals surface area contributed by atoms with Gasteiger partial charge < -0.3 is 5.32 Å². The van der Waals surface area contributed by atoms with Crippen LogP contribution in [-0.2, 0) is 4.79 Å². The highest BCUT2D eigenvalue weighted by Crippen LogP contribution is 2.29. The third-order valence-electron chi connectivity index (χ3n) is 5.03. The fraction of sp³-hybridized carbons (Fsp3) is 0.0400. The van der Waals surface area contributed by atoms with Crippen LogP contribution in [-0.4, -0.2) is 31.4 Å². The molecule has 0 unspecified atom stereocenters. The highest BCUT2D eigenvalue weighted by Gasteiger charge is 2.14. The van der Waals surface area contributed by atoms with Crippen LogP contribution < -0.4 is 5.32 Å². The lowest BCUT2D eigenvalue weighted by molar-refractivity contribution is -0.113. The summed E-state index contributed by atoms with van der Waals surface area (Å²) in [6.07, 6.45) is 3.10. The van der Waals surface area contributed by atoms with Gasteiger partial charge in [-0.25, -0.2) is 19.0 Å². The Morgan fingerprint density at radius 3 is 2.52 bits per heavy atom. The average Bonchev–Trinajstić information content (AvgIpc) is 3.29. The number of nitrogens with one attached hydrogen (secondary N) is 1. The average molecular weight is 456 g/mol. The number of aromatic nitrogens is 4. The van der Waals surface area contributed by atoms with E-state index < -0.39 is 0 Å². The molecule has 0 bridgehead atoms. The molecule has 0 aliphatic heterocycles. The molecule has 3 aromatic carbocycles. The first-order chi connectivity index (χ1) is 16.2. The smallest absolute Gasteiger partial charge is 0.234 e. The van der Waals surface area contributed by atoms with Crippen LogP contribution in [0.25, 0.3) is 27.8 Å². The normalized spacial score (nSPS) is 10.9. The van der Waals surface area contributed by atoms with Gasteiger partial charge in [-0.05, 0) is 35.9 Å². The second-order valence-corrected chi connectivity index (χ2v) is 8.16. The van der Waals surface area contributed by atoms with Crippen LogP contribution in [0.3, 0.4) is 0 Å². The summed E-state index contributed by atoms with van der Waals surface area (Å²) in [6.45, 7) is 0. The summed E-state index contributed by atoms with van der Waals surface area (Å²) in [6, 6.07) is 23.6. The molecule has 0 saturated carbocycles. The van der Waals surface area contributed by atoms with Crippen molar-refractivity contribution in [1.82, 2.24) is 19.7 Å². The summed E-state index contributed by atoms with van der Waals surface area (Å²) >= 11 is 1.31. The highest BCUT2D eigenvalue weighted by atomic mass is 32.2. The molecule has 0 fully saturated rings. The number of para-hydroxylation sites is 1. The number of benzene rings is 3. The lowest BCUT2D eigenvalue weighted by atomic mass is 10.0. The van der Waals surface area contributed by atoms with E-state index in [1.807, 2.05) is 54.6 Å². The van der Waals surface area contributed by atoms with Gasteiger partial charge in [-0.15, -0.1) is 0 Å². The second-order valence-electron chi connectivity index (χ2n) is 7.20. The maximum absolute atomic E-state index is 13.3. The Hall–Kier alpha value is -4.04. The number of rotatable bonds is 6. The van der Waals surface area contributed by atoms with Crippen molar-refractivity contribution in [3.63, 3.8) is 0 Å². The molecule has 2 heterocycles. The minimum atomic E-state index is -0.319. The van der Waals surface area contributed by atoms with Crippen LogP contribution in [0.4, 0.5) is 10.1 Å². The van der Waals surface area contributed by atoms with Crippen LogP contribution in [0.15, 0.2) is 96.4 Å². The Balaban J connectivity index is 1.33. The van der Waals surface area contributed by atoms with E-state index in [9.17, 15) is 9.18 Å². The number of amides is 1. The van der Waals surface area contributed by atoms with Crippen molar-refractivity contribution in [3.8, 4) is 16.8 Å². The molecule has 8 heteroatoms. The molecule has 0 aliphatic carbocycles. The molecule has 2 aromatic heterocycles. The Morgan fingerprint density at radius 2 is 1.70 bits per heavy atom. The van der Waals surface area contributed by atoms with Crippen molar-refractivity contribution >= 4 is 34.4 Å². The molecule has 162 valence electrons. The standard InChI is InChI=1S/C25H18FN5OS/c26-18-10-12-19(13-11-18)31-24-21(14-29-31)25(28-16-27-24)33-15-23(32)30-22-9-5-4-8-20(22)17-6-2-1-3-7-17/h1-14,16H,15H2,(H,30,32). The molecule has 0 radical (unpaired) electrons. The molecule has 0 atom stereocenters. The van der Waals surface area contributed by atoms with E-state index in [1.54, 1.807) is 23.0 Å². The summed E-state index contributed by atoms with van der Waals surface area (Å²) in [5.41, 5.74) is 4.03. The number of hydrogen-bond donors (Lipinski definition) is 1. The van der Waals surface area contributed by atoms with Crippen molar-refractivity contribution in [2.45, 2.75) is 5.03 Å². The zero-order valence-corrected chi connectivity index (χ0v) is 18.2. The minimum absolute atomic E-state index is 0.138. The van der Waals surface area contributed by atoms with E-state index in [1.165, 1.54) is 30.2 Å². The van der Waals surface area contributed by atoms with E-state index in [4.69, 9.17) is 0 Å². The van der Waals surface area contributed by atoms with Gasteiger partial charge >= 0.3 is 0 Å². The minimum Gasteiger partial charge on any atom is -0.325 e. The number of hydrogen-bond acceptors (Lipinski definition) is 5.